The molecule has 3 aromatic carbocycles. The van der Waals surface area contributed by atoms with E-state index in [0.29, 0.717) is 34.0 Å². The highest BCUT2D eigenvalue weighted by atomic mass is 35.5. The molecule has 5 rings (SSSR count). The number of para-hydroxylation sites is 1. The molecule has 2 amide bonds. The molecule has 15 heteroatoms. The number of hydrogen-bond donors (Lipinski definition) is 1. The highest BCUT2D eigenvalue weighted by Crippen LogP contribution is 2.45. The molecule has 10 nitrogen and oxygen atoms in total. The van der Waals surface area contributed by atoms with Gasteiger partial charge >= 0.3 is 0 Å². The number of nitrogens with zero attached hydrogens (tertiary/aromatic N) is 2. The number of carbonyl (C=O) groups is 2. The van der Waals surface area contributed by atoms with Crippen LogP contribution in [0.3, 0.4) is 0 Å². The Bertz CT molecular complexity index is 1910. The van der Waals surface area contributed by atoms with Crippen LogP contribution in [0.4, 0.5) is 10.1 Å². The third kappa shape index (κ3) is 8.23. The molecule has 1 saturated heterocycles. The van der Waals surface area contributed by atoms with Crippen molar-refractivity contribution < 1.29 is 35.6 Å². The third-order valence-corrected chi connectivity index (χ3v) is 13.2. The monoisotopic (exact) mass is 753 g/mol. The van der Waals surface area contributed by atoms with Crippen LogP contribution < -0.4 is 9.03 Å². The van der Waals surface area contributed by atoms with Crippen molar-refractivity contribution in [1.82, 2.24) is 9.62 Å². The molecule has 0 aromatic heterocycles. The molecule has 3 aromatic rings. The Hall–Kier alpha value is -3.23. The molecule has 49 heavy (non-hydrogen) atoms. The number of morpholine rings is 1. The lowest BCUT2D eigenvalue weighted by atomic mass is 9.89. The second-order valence-corrected chi connectivity index (χ2v) is 17.7. The maximum atomic E-state index is 15.3. The van der Waals surface area contributed by atoms with Crippen molar-refractivity contribution in [1.29, 1.82) is 0 Å². The number of hydrogen-bond acceptors (Lipinski definition) is 7. The highest BCUT2D eigenvalue weighted by Gasteiger charge is 2.49. The number of halogens is 3. The van der Waals surface area contributed by atoms with Gasteiger partial charge in [-0.25, -0.2) is 21.2 Å². The number of nitrogens with one attached hydrogen (secondary N) is 1. The number of ether oxygens (including phenoxy) is 1. The van der Waals surface area contributed by atoms with Crippen LogP contribution in [0.15, 0.2) is 72.8 Å². The van der Waals surface area contributed by atoms with E-state index in [9.17, 15) is 26.4 Å². The van der Waals surface area contributed by atoms with Gasteiger partial charge in [0.1, 0.15) is 18.0 Å². The smallest absolute Gasteiger partial charge is 0.253 e. The Labute approximate surface area is 296 Å². The van der Waals surface area contributed by atoms with E-state index in [2.05, 4.69) is 0 Å². The van der Waals surface area contributed by atoms with E-state index in [-0.39, 0.29) is 18.7 Å². The molecule has 4 atom stereocenters. The molecule has 264 valence electrons. The molecular weight excluding hydrogens is 716 g/mol. The van der Waals surface area contributed by atoms with E-state index < -0.39 is 78.9 Å². The van der Waals surface area contributed by atoms with E-state index in [4.69, 9.17) is 27.9 Å². The first-order chi connectivity index (χ1) is 23.1. The lowest BCUT2D eigenvalue weighted by molar-refractivity contribution is -0.181. The van der Waals surface area contributed by atoms with Gasteiger partial charge < -0.3 is 9.64 Å². The average Bonchev–Trinajstić information content (AvgIpc) is 3.90. The van der Waals surface area contributed by atoms with Crippen molar-refractivity contribution in [2.24, 2.45) is 0 Å². The van der Waals surface area contributed by atoms with Crippen LogP contribution in [0.5, 0.6) is 0 Å². The number of amides is 2. The quantitative estimate of drug-likeness (QED) is 0.221. The maximum absolute atomic E-state index is 15.3. The number of anilines is 1. The molecule has 1 N–H and O–H groups in total. The van der Waals surface area contributed by atoms with E-state index in [1.54, 1.807) is 61.5 Å². The van der Waals surface area contributed by atoms with Gasteiger partial charge in [-0.15, -0.1) is 0 Å². The van der Waals surface area contributed by atoms with Crippen LogP contribution >= 0.6 is 23.2 Å². The summed E-state index contributed by atoms with van der Waals surface area (Å²) in [5.41, 5.74) is 1.00. The summed E-state index contributed by atoms with van der Waals surface area (Å²) in [6, 6.07) is 17.3. The van der Waals surface area contributed by atoms with Gasteiger partial charge in [-0.2, -0.15) is 0 Å². The van der Waals surface area contributed by atoms with Gasteiger partial charge in [-0.05, 0) is 80.6 Å². The largest absolute Gasteiger partial charge is 0.357 e. The molecule has 1 aliphatic carbocycles. The minimum Gasteiger partial charge on any atom is -0.357 e. The number of sulfonamides is 2. The lowest BCUT2D eigenvalue weighted by Crippen LogP contribution is -2.58. The average molecular weight is 755 g/mol. The predicted octanol–water partition coefficient (Wildman–Crippen LogP) is 6.16. The van der Waals surface area contributed by atoms with Crippen LogP contribution in [0, 0.1) is 5.82 Å². The first-order valence-corrected chi connectivity index (χ1v) is 19.7. The summed E-state index contributed by atoms with van der Waals surface area (Å²) in [6.07, 6.45) is -1.97. The van der Waals surface area contributed by atoms with Gasteiger partial charge in [0, 0.05) is 10.0 Å². The van der Waals surface area contributed by atoms with Crippen molar-refractivity contribution in [2.45, 2.75) is 81.2 Å². The zero-order valence-electron chi connectivity index (χ0n) is 27.1. The Morgan fingerprint density at radius 2 is 1.65 bits per heavy atom. The topological polar surface area (TPSA) is 130 Å². The first kappa shape index (κ1) is 37.0. The minimum absolute atomic E-state index is 0.141. The second-order valence-electron chi connectivity index (χ2n) is 12.5. The van der Waals surface area contributed by atoms with Crippen molar-refractivity contribution in [3.8, 4) is 0 Å². The maximum Gasteiger partial charge on any atom is 0.253 e. The van der Waals surface area contributed by atoms with E-state index >= 15 is 4.39 Å². The summed E-state index contributed by atoms with van der Waals surface area (Å²) in [4.78, 5) is 29.2. The van der Waals surface area contributed by atoms with Crippen molar-refractivity contribution in [2.75, 3.05) is 10.8 Å². The molecule has 1 saturated carbocycles. The van der Waals surface area contributed by atoms with Gasteiger partial charge in [-0.3, -0.25) is 18.6 Å². The molecule has 0 bridgehead atoms. The summed E-state index contributed by atoms with van der Waals surface area (Å²) < 4.78 is 77.5. The van der Waals surface area contributed by atoms with E-state index in [1.165, 1.54) is 36.9 Å². The molecule has 0 spiro atoms. The number of benzene rings is 3. The van der Waals surface area contributed by atoms with Crippen molar-refractivity contribution in [3.63, 3.8) is 0 Å². The molecule has 0 unspecified atom stereocenters. The normalized spacial score (nSPS) is 20.7. The van der Waals surface area contributed by atoms with Gasteiger partial charge in [0.05, 0.1) is 41.2 Å². The van der Waals surface area contributed by atoms with Gasteiger partial charge in [0.25, 0.3) is 5.91 Å². The molecular formula is C34H38Cl2FN3O7S2. The van der Waals surface area contributed by atoms with Gasteiger partial charge in [0.2, 0.25) is 26.0 Å². The van der Waals surface area contributed by atoms with Crippen LogP contribution in [-0.2, 0) is 34.4 Å². The van der Waals surface area contributed by atoms with Crippen molar-refractivity contribution >= 4 is 60.8 Å². The Balaban J connectivity index is 1.64. The van der Waals surface area contributed by atoms with E-state index in [0.717, 1.165) is 4.31 Å². The fraction of sp³-hybridized carbons (Fsp3) is 0.412. The van der Waals surface area contributed by atoms with E-state index in [1.807, 2.05) is 4.72 Å². The van der Waals surface area contributed by atoms with Gasteiger partial charge in [-0.1, -0.05) is 66.5 Å². The number of rotatable bonds is 13. The van der Waals surface area contributed by atoms with Crippen molar-refractivity contribution in [3.05, 3.63) is 99.8 Å². The second kappa shape index (κ2) is 14.9. The summed E-state index contributed by atoms with van der Waals surface area (Å²) >= 11 is 12.6. The summed E-state index contributed by atoms with van der Waals surface area (Å²) in [5, 5.41) is -0.779. The zero-order valence-corrected chi connectivity index (χ0v) is 30.3. The molecule has 1 heterocycles. The predicted molar refractivity (Wildman–Crippen MR) is 187 cm³/mol. The standard InChI is InChI=1S/C34H38Cl2FN3O7S2/c1-4-26(20-39(49(45,46)27-16-17-27)29-11-6-5-10-28(29)37)40-32(22-12-14-24(35)15-13-22)33(23-8-7-9-25(36)18-23)47-30(34(40)42)19-31(41)38-48(43,44)21(2)3/h5-15,18,21,26-27,30,32-33H,4,16-17,19-20H2,1-3H3,(H,38,41)/t26-,30-,32+,33+/m0/s1. The van der Waals surface area contributed by atoms with Crippen LogP contribution in [-0.4, -0.2) is 62.7 Å². The summed E-state index contributed by atoms with van der Waals surface area (Å²) in [6.45, 7) is 4.30. The zero-order chi connectivity index (χ0) is 35.7. The highest BCUT2D eigenvalue weighted by molar-refractivity contribution is 7.93. The fourth-order valence-electron chi connectivity index (χ4n) is 5.87. The molecule has 2 aliphatic rings. The Morgan fingerprint density at radius 3 is 2.24 bits per heavy atom. The molecule has 2 fully saturated rings. The number of carbonyl (C=O) groups excluding carboxylic acids is 2. The summed E-state index contributed by atoms with van der Waals surface area (Å²) in [7, 11) is -8.04. The SMILES string of the molecule is CC[C@@H](CN(c1ccccc1F)S(=O)(=O)C1CC1)N1C(=O)[C@H](CC(=O)NS(=O)(=O)C(C)C)O[C@H](c2cccc(Cl)c2)[C@H]1c1ccc(Cl)cc1. The Kier molecular flexibility index (Phi) is 11.3. The van der Waals surface area contributed by atoms with Crippen LogP contribution in [0.2, 0.25) is 10.0 Å². The third-order valence-electron chi connectivity index (χ3n) is 8.68. The Morgan fingerprint density at radius 1 is 0.980 bits per heavy atom. The molecule has 1 aliphatic heterocycles. The first-order valence-electron chi connectivity index (χ1n) is 15.9. The lowest BCUT2D eigenvalue weighted by Gasteiger charge is -2.49. The van der Waals surface area contributed by atoms with Crippen LogP contribution in [0.25, 0.3) is 0 Å². The fourth-order valence-corrected chi connectivity index (χ4v) is 8.73. The van der Waals surface area contributed by atoms with Gasteiger partial charge in [0.15, 0.2) is 0 Å². The minimum atomic E-state index is -4.03. The molecule has 0 radical (unpaired) electrons. The van der Waals surface area contributed by atoms with Crippen LogP contribution in [0.1, 0.15) is 69.7 Å². The summed E-state index contributed by atoms with van der Waals surface area (Å²) in [5.74, 6) is -2.35.